The van der Waals surface area contributed by atoms with Crippen molar-refractivity contribution in [3.8, 4) is 0 Å². The van der Waals surface area contributed by atoms with Gasteiger partial charge in [-0.05, 0) is 57.8 Å². The predicted molar refractivity (Wildman–Crippen MR) is 87.5 cm³/mol. The van der Waals surface area contributed by atoms with Crippen LogP contribution < -0.4 is 5.73 Å². The summed E-state index contributed by atoms with van der Waals surface area (Å²) < 4.78 is 6.39. The number of carbonyl (C=O) groups is 1. The fourth-order valence-electron chi connectivity index (χ4n) is 4.34. The van der Waals surface area contributed by atoms with Crippen molar-refractivity contribution in [2.24, 2.45) is 11.7 Å². The van der Waals surface area contributed by atoms with Crippen LogP contribution in [0.2, 0.25) is 0 Å². The number of likely N-dealkylation sites (tertiary alicyclic amines) is 1. The second kappa shape index (κ2) is 6.88. The minimum absolute atomic E-state index is 0.0552. The number of carbonyl (C=O) groups excluding carboxylic acids is 1. The van der Waals surface area contributed by atoms with Crippen molar-refractivity contribution in [2.45, 2.75) is 88.9 Å². The van der Waals surface area contributed by atoms with Crippen LogP contribution in [0.25, 0.3) is 0 Å². The lowest BCUT2D eigenvalue weighted by atomic mass is 9.83. The number of amides is 1. The van der Waals surface area contributed by atoms with E-state index in [1.165, 1.54) is 38.5 Å². The fourth-order valence-corrected chi connectivity index (χ4v) is 4.34. The third-order valence-corrected chi connectivity index (χ3v) is 5.97. The molecular formula is C18H32N2O2. The molecule has 2 aliphatic carbocycles. The van der Waals surface area contributed by atoms with E-state index >= 15 is 0 Å². The van der Waals surface area contributed by atoms with E-state index in [0.717, 1.165) is 38.8 Å². The van der Waals surface area contributed by atoms with Crippen molar-refractivity contribution in [3.63, 3.8) is 0 Å². The molecule has 4 nitrogen and oxygen atoms in total. The van der Waals surface area contributed by atoms with Crippen LogP contribution in [0.1, 0.15) is 71.1 Å². The molecule has 0 spiro atoms. The van der Waals surface area contributed by atoms with Gasteiger partial charge in [0.05, 0.1) is 11.7 Å². The summed E-state index contributed by atoms with van der Waals surface area (Å²) in [5, 5.41) is 0. The Morgan fingerprint density at radius 2 is 1.68 bits per heavy atom. The first-order valence-electron chi connectivity index (χ1n) is 9.34. The molecule has 4 heteroatoms. The smallest absolute Gasteiger partial charge is 0.242 e. The van der Waals surface area contributed by atoms with Gasteiger partial charge in [-0.15, -0.1) is 0 Å². The van der Waals surface area contributed by atoms with Gasteiger partial charge >= 0.3 is 0 Å². The van der Waals surface area contributed by atoms with E-state index in [4.69, 9.17) is 10.5 Å². The molecular weight excluding hydrogens is 276 g/mol. The van der Waals surface area contributed by atoms with E-state index in [-0.39, 0.29) is 17.6 Å². The van der Waals surface area contributed by atoms with Crippen LogP contribution in [0.5, 0.6) is 0 Å². The second-order valence-electron chi connectivity index (χ2n) is 7.63. The topological polar surface area (TPSA) is 55.6 Å². The Balaban J connectivity index is 1.54. The highest BCUT2D eigenvalue weighted by molar-refractivity contribution is 5.82. The fraction of sp³-hybridized carbons (Fsp3) is 0.944. The van der Waals surface area contributed by atoms with E-state index in [1.54, 1.807) is 0 Å². The lowest BCUT2D eigenvalue weighted by Gasteiger charge is -2.36. The molecule has 3 fully saturated rings. The average Bonchev–Trinajstić information content (AvgIpc) is 3.36. The van der Waals surface area contributed by atoms with Gasteiger partial charge in [-0.2, -0.15) is 0 Å². The lowest BCUT2D eigenvalue weighted by Crippen LogP contribution is -2.52. The van der Waals surface area contributed by atoms with Crippen LogP contribution in [0.15, 0.2) is 0 Å². The van der Waals surface area contributed by atoms with Crippen LogP contribution in [0.4, 0.5) is 0 Å². The Hall–Kier alpha value is -0.610. The van der Waals surface area contributed by atoms with Crippen molar-refractivity contribution in [1.82, 2.24) is 4.90 Å². The molecule has 0 radical (unpaired) electrons. The first kappa shape index (κ1) is 16.3. The maximum absolute atomic E-state index is 12.5. The number of ether oxygens (including phenoxy) is 1. The molecule has 0 aromatic heterocycles. The Kier molecular flexibility index (Phi) is 5.08. The van der Waals surface area contributed by atoms with Gasteiger partial charge in [0.1, 0.15) is 6.04 Å². The van der Waals surface area contributed by atoms with E-state index in [2.05, 4.69) is 0 Å². The molecule has 22 heavy (non-hydrogen) atoms. The summed E-state index contributed by atoms with van der Waals surface area (Å²) in [6, 6.07) is -0.501. The van der Waals surface area contributed by atoms with Crippen molar-refractivity contribution < 1.29 is 9.53 Å². The number of nitrogens with zero attached hydrogens (tertiary/aromatic N) is 1. The molecule has 1 heterocycles. The molecule has 0 aromatic rings. The molecule has 2 atom stereocenters. The number of hydrogen-bond donors (Lipinski definition) is 1. The average molecular weight is 308 g/mol. The molecule has 0 bridgehead atoms. The van der Waals surface area contributed by atoms with Gasteiger partial charge in [0, 0.05) is 13.1 Å². The van der Waals surface area contributed by atoms with Gasteiger partial charge in [0.25, 0.3) is 0 Å². The summed E-state index contributed by atoms with van der Waals surface area (Å²) in [6.07, 6.45) is 12.2. The lowest BCUT2D eigenvalue weighted by molar-refractivity contribution is -0.140. The molecule has 3 aliphatic rings. The Labute approximate surface area is 134 Å². The van der Waals surface area contributed by atoms with Gasteiger partial charge in [0.15, 0.2) is 0 Å². The standard InChI is InChI=1S/C18H32N2O2/c1-14(16(19)17(21)20-12-6-3-7-13-20)22-18(10-11-18)15-8-4-2-5-9-15/h14-16H,2-13,19H2,1H3/t14-,16+/m1/s1. The van der Waals surface area contributed by atoms with Crippen LogP contribution >= 0.6 is 0 Å². The zero-order valence-corrected chi connectivity index (χ0v) is 14.1. The summed E-state index contributed by atoms with van der Waals surface area (Å²) in [6.45, 7) is 3.73. The van der Waals surface area contributed by atoms with E-state index in [1.807, 2.05) is 11.8 Å². The largest absolute Gasteiger partial charge is 0.370 e. The summed E-state index contributed by atoms with van der Waals surface area (Å²) in [5.41, 5.74) is 6.30. The van der Waals surface area contributed by atoms with Gasteiger partial charge < -0.3 is 15.4 Å². The molecule has 2 N–H and O–H groups in total. The molecule has 2 saturated carbocycles. The predicted octanol–water partition coefficient (Wildman–Crippen LogP) is 2.84. The van der Waals surface area contributed by atoms with Crippen LogP contribution in [0, 0.1) is 5.92 Å². The Bertz CT molecular complexity index is 383. The molecule has 0 aromatic carbocycles. The van der Waals surface area contributed by atoms with Crippen molar-refractivity contribution in [3.05, 3.63) is 0 Å². The van der Waals surface area contributed by atoms with Crippen LogP contribution in [0.3, 0.4) is 0 Å². The highest BCUT2D eigenvalue weighted by Gasteiger charge is 2.52. The summed E-state index contributed by atoms with van der Waals surface area (Å²) in [4.78, 5) is 14.5. The van der Waals surface area contributed by atoms with Crippen molar-refractivity contribution in [1.29, 1.82) is 0 Å². The van der Waals surface area contributed by atoms with E-state index < -0.39 is 6.04 Å². The molecule has 3 rings (SSSR count). The molecule has 1 saturated heterocycles. The monoisotopic (exact) mass is 308 g/mol. The maximum atomic E-state index is 12.5. The van der Waals surface area contributed by atoms with Gasteiger partial charge in [0.2, 0.25) is 5.91 Å². The number of piperidine rings is 1. The summed E-state index contributed by atoms with van der Waals surface area (Å²) in [7, 11) is 0. The minimum Gasteiger partial charge on any atom is -0.370 e. The van der Waals surface area contributed by atoms with E-state index in [0.29, 0.717) is 5.92 Å². The summed E-state index contributed by atoms with van der Waals surface area (Å²) in [5.74, 6) is 0.785. The quantitative estimate of drug-likeness (QED) is 0.849. The van der Waals surface area contributed by atoms with Crippen molar-refractivity contribution >= 4 is 5.91 Å². The first-order chi connectivity index (χ1) is 10.6. The Morgan fingerprint density at radius 1 is 1.09 bits per heavy atom. The molecule has 1 aliphatic heterocycles. The minimum atomic E-state index is -0.501. The SMILES string of the molecule is C[C@@H](OC1(C2CCCCC2)CC1)[C@H](N)C(=O)N1CCCCC1. The molecule has 1 amide bonds. The number of hydrogen-bond acceptors (Lipinski definition) is 3. The van der Waals surface area contributed by atoms with Crippen molar-refractivity contribution in [2.75, 3.05) is 13.1 Å². The highest BCUT2D eigenvalue weighted by atomic mass is 16.5. The zero-order chi connectivity index (χ0) is 15.6. The maximum Gasteiger partial charge on any atom is 0.242 e. The van der Waals surface area contributed by atoms with Gasteiger partial charge in [-0.25, -0.2) is 0 Å². The third-order valence-electron chi connectivity index (χ3n) is 5.97. The van der Waals surface area contributed by atoms with Gasteiger partial charge in [-0.3, -0.25) is 4.79 Å². The highest BCUT2D eigenvalue weighted by Crippen LogP contribution is 2.52. The van der Waals surface area contributed by atoms with Crippen LogP contribution in [-0.2, 0) is 9.53 Å². The Morgan fingerprint density at radius 3 is 2.27 bits per heavy atom. The number of nitrogens with two attached hydrogens (primary N) is 1. The number of rotatable bonds is 5. The molecule has 0 unspecified atom stereocenters. The second-order valence-corrected chi connectivity index (χ2v) is 7.63. The normalized spacial score (nSPS) is 28.2. The summed E-state index contributed by atoms with van der Waals surface area (Å²) >= 11 is 0. The third kappa shape index (κ3) is 3.48. The van der Waals surface area contributed by atoms with E-state index in [9.17, 15) is 4.79 Å². The molecule has 126 valence electrons. The zero-order valence-electron chi connectivity index (χ0n) is 14.1. The van der Waals surface area contributed by atoms with Gasteiger partial charge in [-0.1, -0.05) is 19.3 Å². The van der Waals surface area contributed by atoms with Crippen LogP contribution in [-0.4, -0.2) is 41.6 Å². The first-order valence-corrected chi connectivity index (χ1v) is 9.34.